The van der Waals surface area contributed by atoms with E-state index < -0.39 is 18.5 Å². The minimum absolute atomic E-state index is 0.0689. The minimum Gasteiger partial charge on any atom is -0.480 e. The molecule has 0 aliphatic heterocycles. The van der Waals surface area contributed by atoms with Crippen molar-refractivity contribution in [3.8, 4) is 0 Å². The lowest BCUT2D eigenvalue weighted by atomic mass is 10.1. The molecule has 1 rings (SSSR count). The van der Waals surface area contributed by atoms with E-state index in [1.54, 1.807) is 19.9 Å². The number of halogens is 1. The van der Waals surface area contributed by atoms with Crippen molar-refractivity contribution in [2.45, 2.75) is 13.8 Å². The molecule has 0 bridgehead atoms. The molecule has 0 aliphatic rings. The van der Waals surface area contributed by atoms with Crippen LogP contribution in [0.25, 0.3) is 0 Å². The molecule has 2 amide bonds. The van der Waals surface area contributed by atoms with Gasteiger partial charge >= 0.3 is 5.97 Å². The highest BCUT2D eigenvalue weighted by atomic mass is 35.5. The largest absolute Gasteiger partial charge is 0.480 e. The molecule has 126 valence electrons. The van der Waals surface area contributed by atoms with Crippen LogP contribution in [0.4, 0.5) is 5.69 Å². The van der Waals surface area contributed by atoms with Crippen LogP contribution < -0.4 is 10.6 Å². The molecule has 0 spiro atoms. The first kappa shape index (κ1) is 18.9. The van der Waals surface area contributed by atoms with Crippen LogP contribution in [-0.2, 0) is 14.3 Å². The van der Waals surface area contributed by atoms with Crippen LogP contribution in [0.1, 0.15) is 24.2 Å². The first-order chi connectivity index (χ1) is 10.8. The third-order valence-electron chi connectivity index (χ3n) is 2.76. The number of amides is 2. The minimum atomic E-state index is -1.08. The summed E-state index contributed by atoms with van der Waals surface area (Å²) in [5.74, 6) is -1.86. The molecule has 1 aromatic carbocycles. The zero-order chi connectivity index (χ0) is 17.4. The number of hydrogen-bond acceptors (Lipinski definition) is 4. The van der Waals surface area contributed by atoms with Crippen LogP contribution >= 0.6 is 11.6 Å². The van der Waals surface area contributed by atoms with Gasteiger partial charge in [-0.2, -0.15) is 0 Å². The molecule has 7 nitrogen and oxygen atoms in total. The molecule has 0 radical (unpaired) electrons. The van der Waals surface area contributed by atoms with Gasteiger partial charge in [-0.15, -0.1) is 0 Å². The lowest BCUT2D eigenvalue weighted by Crippen LogP contribution is -2.28. The molecule has 23 heavy (non-hydrogen) atoms. The van der Waals surface area contributed by atoms with E-state index in [2.05, 4.69) is 10.6 Å². The first-order valence-corrected chi connectivity index (χ1v) is 7.37. The fourth-order valence-corrected chi connectivity index (χ4v) is 1.76. The normalized spacial score (nSPS) is 10.4. The Kier molecular flexibility index (Phi) is 7.50. The van der Waals surface area contributed by atoms with E-state index in [1.807, 2.05) is 0 Å². The highest BCUT2D eigenvalue weighted by Crippen LogP contribution is 2.21. The summed E-state index contributed by atoms with van der Waals surface area (Å²) in [6.07, 6.45) is 0. The quantitative estimate of drug-likeness (QED) is 0.624. The van der Waals surface area contributed by atoms with Gasteiger partial charge in [0.2, 0.25) is 5.91 Å². The number of nitrogens with one attached hydrogen (secondary N) is 2. The van der Waals surface area contributed by atoms with Crippen molar-refractivity contribution in [1.82, 2.24) is 5.32 Å². The van der Waals surface area contributed by atoms with E-state index >= 15 is 0 Å². The van der Waals surface area contributed by atoms with E-state index in [-0.39, 0.29) is 35.6 Å². The Balaban J connectivity index is 2.62. The molecular weight excluding hydrogens is 324 g/mol. The van der Waals surface area contributed by atoms with Gasteiger partial charge in [0.1, 0.15) is 6.61 Å². The highest BCUT2D eigenvalue weighted by Gasteiger charge is 2.13. The van der Waals surface area contributed by atoms with Gasteiger partial charge in [-0.05, 0) is 18.2 Å². The predicted octanol–water partition coefficient (Wildman–Crippen LogP) is 1.77. The Hall–Kier alpha value is -2.12. The number of ether oxygens (including phenoxy) is 1. The van der Waals surface area contributed by atoms with E-state index in [0.717, 1.165) is 0 Å². The number of carboxylic acids is 1. The fraction of sp³-hybridized carbons (Fsp3) is 0.400. The third-order valence-corrected chi connectivity index (χ3v) is 3.09. The summed E-state index contributed by atoms with van der Waals surface area (Å²) < 4.78 is 4.81. The number of carbonyl (C=O) groups excluding carboxylic acids is 2. The van der Waals surface area contributed by atoms with Gasteiger partial charge in [0.25, 0.3) is 5.91 Å². The van der Waals surface area contributed by atoms with Crippen molar-refractivity contribution in [2.75, 3.05) is 25.1 Å². The monoisotopic (exact) mass is 342 g/mol. The number of hydrogen-bond donors (Lipinski definition) is 3. The second-order valence-electron chi connectivity index (χ2n) is 5.04. The molecule has 0 saturated carbocycles. The number of benzene rings is 1. The fourth-order valence-electron chi connectivity index (χ4n) is 1.56. The maximum Gasteiger partial charge on any atom is 0.329 e. The van der Waals surface area contributed by atoms with E-state index in [9.17, 15) is 14.4 Å². The maximum atomic E-state index is 12.1. The lowest BCUT2D eigenvalue weighted by molar-refractivity contribution is -0.142. The molecular formula is C15H19ClN2O5. The van der Waals surface area contributed by atoms with Crippen LogP contribution in [0.15, 0.2) is 18.2 Å². The molecule has 0 heterocycles. The molecule has 0 aromatic heterocycles. The van der Waals surface area contributed by atoms with Gasteiger partial charge in [-0.25, -0.2) is 4.79 Å². The smallest absolute Gasteiger partial charge is 0.329 e. The third kappa shape index (κ3) is 6.66. The average molecular weight is 343 g/mol. The zero-order valence-corrected chi connectivity index (χ0v) is 13.6. The van der Waals surface area contributed by atoms with Crippen LogP contribution in [0.5, 0.6) is 0 Å². The molecule has 8 heteroatoms. The van der Waals surface area contributed by atoms with E-state index in [1.165, 1.54) is 12.1 Å². The van der Waals surface area contributed by atoms with Crippen molar-refractivity contribution < 1.29 is 24.2 Å². The van der Waals surface area contributed by atoms with Crippen molar-refractivity contribution in [3.63, 3.8) is 0 Å². The topological polar surface area (TPSA) is 105 Å². The average Bonchev–Trinajstić information content (AvgIpc) is 2.48. The van der Waals surface area contributed by atoms with E-state index in [0.29, 0.717) is 5.69 Å². The Labute approximate surface area is 139 Å². The summed E-state index contributed by atoms with van der Waals surface area (Å²) in [5, 5.41) is 13.9. The number of anilines is 1. The Morgan fingerprint density at radius 2 is 2.00 bits per heavy atom. The SMILES string of the molecule is CC(C)C(=O)Nc1ccc(Cl)c(C(=O)NCCOCC(=O)O)c1. The maximum absolute atomic E-state index is 12.1. The molecule has 3 N–H and O–H groups in total. The summed E-state index contributed by atoms with van der Waals surface area (Å²) >= 11 is 5.99. The first-order valence-electron chi connectivity index (χ1n) is 6.99. The summed E-state index contributed by atoms with van der Waals surface area (Å²) in [6.45, 7) is 3.31. The van der Waals surface area contributed by atoms with E-state index in [4.69, 9.17) is 21.4 Å². The van der Waals surface area contributed by atoms with Crippen LogP contribution in [-0.4, -0.2) is 42.6 Å². The molecule has 0 fully saturated rings. The summed E-state index contributed by atoms with van der Waals surface area (Å²) in [4.78, 5) is 34.0. The number of carbonyl (C=O) groups is 3. The van der Waals surface area contributed by atoms with Gasteiger partial charge in [0.05, 0.1) is 17.2 Å². The zero-order valence-electron chi connectivity index (χ0n) is 12.9. The summed E-state index contributed by atoms with van der Waals surface area (Å²) in [6, 6.07) is 4.61. The second kappa shape index (κ2) is 9.12. The predicted molar refractivity (Wildman–Crippen MR) is 85.7 cm³/mol. The van der Waals surface area contributed by atoms with Gasteiger partial charge < -0.3 is 20.5 Å². The van der Waals surface area contributed by atoms with Crippen molar-refractivity contribution in [3.05, 3.63) is 28.8 Å². The second-order valence-corrected chi connectivity index (χ2v) is 5.45. The van der Waals surface area contributed by atoms with Gasteiger partial charge in [-0.3, -0.25) is 9.59 Å². The summed E-state index contributed by atoms with van der Waals surface area (Å²) in [5.41, 5.74) is 0.687. The highest BCUT2D eigenvalue weighted by molar-refractivity contribution is 6.34. The molecule has 0 saturated heterocycles. The number of rotatable bonds is 8. The van der Waals surface area contributed by atoms with Gasteiger partial charge in [0.15, 0.2) is 0 Å². The summed E-state index contributed by atoms with van der Waals surface area (Å²) in [7, 11) is 0. The number of carboxylic acid groups (broad SMARTS) is 1. The van der Waals surface area contributed by atoms with Crippen LogP contribution in [0.3, 0.4) is 0 Å². The van der Waals surface area contributed by atoms with Crippen molar-refractivity contribution in [1.29, 1.82) is 0 Å². The Bertz CT molecular complexity index is 589. The Morgan fingerprint density at radius 1 is 1.30 bits per heavy atom. The molecule has 1 aromatic rings. The molecule has 0 unspecified atom stereocenters. The van der Waals surface area contributed by atoms with Gasteiger partial charge in [-0.1, -0.05) is 25.4 Å². The Morgan fingerprint density at radius 3 is 2.61 bits per heavy atom. The molecule has 0 atom stereocenters. The van der Waals surface area contributed by atoms with Gasteiger partial charge in [0, 0.05) is 18.2 Å². The van der Waals surface area contributed by atoms with Crippen LogP contribution in [0.2, 0.25) is 5.02 Å². The van der Waals surface area contributed by atoms with Crippen molar-refractivity contribution >= 4 is 35.1 Å². The lowest BCUT2D eigenvalue weighted by Gasteiger charge is -2.11. The number of aliphatic carboxylic acids is 1. The van der Waals surface area contributed by atoms with Crippen LogP contribution in [0, 0.1) is 5.92 Å². The van der Waals surface area contributed by atoms with Crippen molar-refractivity contribution in [2.24, 2.45) is 5.92 Å². The standard InChI is InChI=1S/C15H19ClN2O5/c1-9(2)14(21)18-10-3-4-12(16)11(7-10)15(22)17-5-6-23-8-13(19)20/h3-4,7,9H,5-6,8H2,1-2H3,(H,17,22)(H,18,21)(H,19,20). The molecule has 0 aliphatic carbocycles.